The van der Waals surface area contributed by atoms with Crippen LogP contribution in [-0.4, -0.2) is 30.4 Å². The summed E-state index contributed by atoms with van der Waals surface area (Å²) in [5, 5.41) is 0. The van der Waals surface area contributed by atoms with Crippen LogP contribution in [0.15, 0.2) is 22.7 Å². The van der Waals surface area contributed by atoms with Crippen molar-refractivity contribution in [1.82, 2.24) is 4.90 Å². The van der Waals surface area contributed by atoms with Crippen LogP contribution in [0.2, 0.25) is 0 Å². The Morgan fingerprint density at radius 3 is 3.00 bits per heavy atom. The largest absolute Gasteiger partial charge is 0.338 e. The van der Waals surface area contributed by atoms with Gasteiger partial charge in [-0.1, -0.05) is 13.0 Å². The third kappa shape index (κ3) is 2.98. The Morgan fingerprint density at radius 1 is 1.58 bits per heavy atom. The summed E-state index contributed by atoms with van der Waals surface area (Å²) in [5.41, 5.74) is 5.85. The fourth-order valence-corrected chi connectivity index (χ4v) is 2.85. The van der Waals surface area contributed by atoms with E-state index in [4.69, 9.17) is 5.73 Å². The lowest BCUT2D eigenvalue weighted by molar-refractivity contribution is 0.0613. The quantitative estimate of drug-likeness (QED) is 0.907. The van der Waals surface area contributed by atoms with Crippen LogP contribution in [0.4, 0.5) is 4.39 Å². The summed E-state index contributed by atoms with van der Waals surface area (Å²) in [6.07, 6.45) is 0.920. The van der Waals surface area contributed by atoms with Gasteiger partial charge in [-0.3, -0.25) is 4.79 Å². The normalized spacial score (nSPS) is 23.5. The van der Waals surface area contributed by atoms with Gasteiger partial charge in [-0.05, 0) is 52.9 Å². The molecule has 2 N–H and O–H groups in total. The Bertz CT molecular complexity index is 481. The molecule has 0 bridgehead atoms. The van der Waals surface area contributed by atoms with Gasteiger partial charge in [-0.25, -0.2) is 4.39 Å². The molecule has 2 unspecified atom stereocenters. The number of halogens is 2. The number of nitrogens with two attached hydrogens (primary N) is 1. The highest BCUT2D eigenvalue weighted by Crippen LogP contribution is 2.25. The number of nitrogens with zero attached hydrogens (tertiary/aromatic N) is 1. The second kappa shape index (κ2) is 6.01. The van der Waals surface area contributed by atoms with Gasteiger partial charge in [0.15, 0.2) is 0 Å². The van der Waals surface area contributed by atoms with Crippen LogP contribution in [-0.2, 0) is 0 Å². The summed E-state index contributed by atoms with van der Waals surface area (Å²) < 4.78 is 14.3. The zero-order valence-electron chi connectivity index (χ0n) is 10.9. The van der Waals surface area contributed by atoms with Crippen LogP contribution in [0, 0.1) is 17.7 Å². The van der Waals surface area contributed by atoms with Gasteiger partial charge in [-0.2, -0.15) is 0 Å². The number of hydrogen-bond donors (Lipinski definition) is 1. The van der Waals surface area contributed by atoms with Crippen molar-refractivity contribution < 1.29 is 9.18 Å². The van der Waals surface area contributed by atoms with Gasteiger partial charge in [-0.15, -0.1) is 0 Å². The van der Waals surface area contributed by atoms with Crippen LogP contribution in [0.25, 0.3) is 0 Å². The maximum Gasteiger partial charge on any atom is 0.256 e. The van der Waals surface area contributed by atoms with E-state index in [-0.39, 0.29) is 11.5 Å². The van der Waals surface area contributed by atoms with E-state index in [9.17, 15) is 9.18 Å². The molecule has 0 aromatic heterocycles. The average molecular weight is 329 g/mol. The molecule has 0 spiro atoms. The van der Waals surface area contributed by atoms with Gasteiger partial charge in [0.25, 0.3) is 5.91 Å². The van der Waals surface area contributed by atoms with Crippen molar-refractivity contribution >= 4 is 21.8 Å². The second-order valence-electron chi connectivity index (χ2n) is 5.11. The topological polar surface area (TPSA) is 46.3 Å². The number of amides is 1. The van der Waals surface area contributed by atoms with E-state index in [0.29, 0.717) is 35.9 Å². The van der Waals surface area contributed by atoms with Gasteiger partial charge >= 0.3 is 0 Å². The standard InChI is InChI=1S/C14H18BrFN2O/c1-9-5-6-18(8-10(9)7-17)14(19)11-3-2-4-12(15)13(11)16/h2-4,9-10H,5-8,17H2,1H3. The molecule has 1 amide bonds. The van der Waals surface area contributed by atoms with Crippen molar-refractivity contribution in [3.8, 4) is 0 Å². The van der Waals surface area contributed by atoms with E-state index in [0.717, 1.165) is 6.42 Å². The Balaban J connectivity index is 2.18. The number of piperidine rings is 1. The van der Waals surface area contributed by atoms with Gasteiger partial charge < -0.3 is 10.6 Å². The van der Waals surface area contributed by atoms with Crippen LogP contribution < -0.4 is 5.73 Å². The van der Waals surface area contributed by atoms with E-state index < -0.39 is 5.82 Å². The molecule has 0 saturated carbocycles. The maximum atomic E-state index is 13.9. The number of benzene rings is 1. The molecular formula is C14H18BrFN2O. The molecular weight excluding hydrogens is 311 g/mol. The number of rotatable bonds is 2. The summed E-state index contributed by atoms with van der Waals surface area (Å²) in [7, 11) is 0. The molecule has 1 fully saturated rings. The van der Waals surface area contributed by atoms with Gasteiger partial charge in [0.2, 0.25) is 0 Å². The van der Waals surface area contributed by atoms with Gasteiger partial charge in [0.05, 0.1) is 10.0 Å². The highest BCUT2D eigenvalue weighted by atomic mass is 79.9. The summed E-state index contributed by atoms with van der Waals surface area (Å²) in [5.74, 6) is 0.0777. The van der Waals surface area contributed by atoms with Crippen molar-refractivity contribution in [2.24, 2.45) is 17.6 Å². The Hall–Kier alpha value is -0.940. The molecule has 0 aliphatic carbocycles. The molecule has 19 heavy (non-hydrogen) atoms. The van der Waals surface area contributed by atoms with E-state index in [1.54, 1.807) is 17.0 Å². The van der Waals surface area contributed by atoms with Crippen LogP contribution in [0.3, 0.4) is 0 Å². The highest BCUT2D eigenvalue weighted by molar-refractivity contribution is 9.10. The number of likely N-dealkylation sites (tertiary alicyclic amines) is 1. The average Bonchev–Trinajstić information content (AvgIpc) is 2.41. The van der Waals surface area contributed by atoms with E-state index in [2.05, 4.69) is 22.9 Å². The van der Waals surface area contributed by atoms with Crippen molar-refractivity contribution in [1.29, 1.82) is 0 Å². The predicted molar refractivity (Wildman–Crippen MR) is 76.3 cm³/mol. The first kappa shape index (κ1) is 14.5. The van der Waals surface area contributed by atoms with E-state index in [1.165, 1.54) is 6.07 Å². The Labute approximate surface area is 121 Å². The molecule has 1 aromatic rings. The van der Waals surface area contributed by atoms with Crippen LogP contribution >= 0.6 is 15.9 Å². The summed E-state index contributed by atoms with van der Waals surface area (Å²) >= 11 is 3.11. The molecule has 1 aromatic carbocycles. The lowest BCUT2D eigenvalue weighted by Crippen LogP contribution is -2.45. The summed E-state index contributed by atoms with van der Waals surface area (Å²) in [6.45, 7) is 4.00. The number of hydrogen-bond acceptors (Lipinski definition) is 2. The van der Waals surface area contributed by atoms with Crippen LogP contribution in [0.1, 0.15) is 23.7 Å². The molecule has 1 aliphatic rings. The minimum Gasteiger partial charge on any atom is -0.338 e. The third-order valence-electron chi connectivity index (χ3n) is 3.89. The summed E-state index contributed by atoms with van der Waals surface area (Å²) in [4.78, 5) is 14.1. The first-order valence-corrected chi connectivity index (χ1v) is 7.27. The van der Waals surface area contributed by atoms with Gasteiger partial charge in [0, 0.05) is 13.1 Å². The molecule has 2 rings (SSSR count). The molecule has 0 radical (unpaired) electrons. The lowest BCUT2D eigenvalue weighted by atomic mass is 9.87. The second-order valence-corrected chi connectivity index (χ2v) is 5.97. The SMILES string of the molecule is CC1CCN(C(=O)c2cccc(Br)c2F)CC1CN. The minimum absolute atomic E-state index is 0.125. The minimum atomic E-state index is -0.490. The first-order valence-electron chi connectivity index (χ1n) is 6.48. The fourth-order valence-electron chi connectivity index (χ4n) is 2.48. The van der Waals surface area contributed by atoms with Crippen molar-refractivity contribution in [2.75, 3.05) is 19.6 Å². The molecule has 1 saturated heterocycles. The zero-order valence-corrected chi connectivity index (χ0v) is 12.5. The van der Waals surface area contributed by atoms with Crippen LogP contribution in [0.5, 0.6) is 0 Å². The van der Waals surface area contributed by atoms with Crippen molar-refractivity contribution in [3.05, 3.63) is 34.1 Å². The molecule has 5 heteroatoms. The molecule has 104 valence electrons. The Morgan fingerprint density at radius 2 is 2.32 bits per heavy atom. The third-order valence-corrected chi connectivity index (χ3v) is 4.50. The molecule has 2 atom stereocenters. The van der Waals surface area contributed by atoms with Crippen molar-refractivity contribution in [2.45, 2.75) is 13.3 Å². The maximum absolute atomic E-state index is 13.9. The number of carbonyl (C=O) groups is 1. The highest BCUT2D eigenvalue weighted by Gasteiger charge is 2.29. The smallest absolute Gasteiger partial charge is 0.256 e. The van der Waals surface area contributed by atoms with E-state index >= 15 is 0 Å². The van der Waals surface area contributed by atoms with E-state index in [1.807, 2.05) is 0 Å². The van der Waals surface area contributed by atoms with Crippen molar-refractivity contribution in [3.63, 3.8) is 0 Å². The molecule has 1 heterocycles. The monoisotopic (exact) mass is 328 g/mol. The molecule has 3 nitrogen and oxygen atoms in total. The summed E-state index contributed by atoms with van der Waals surface area (Å²) in [6, 6.07) is 4.79. The first-order chi connectivity index (χ1) is 9.04. The zero-order chi connectivity index (χ0) is 14.0. The Kier molecular flexibility index (Phi) is 4.58. The predicted octanol–water partition coefficient (Wildman–Crippen LogP) is 2.65. The molecule has 1 aliphatic heterocycles. The van der Waals surface area contributed by atoms with Gasteiger partial charge in [0.1, 0.15) is 5.82 Å². The fraction of sp³-hybridized carbons (Fsp3) is 0.500. The number of carbonyl (C=O) groups excluding carboxylic acids is 1. The lowest BCUT2D eigenvalue weighted by Gasteiger charge is -2.36.